The zero-order chi connectivity index (χ0) is 16.6. The lowest BCUT2D eigenvalue weighted by atomic mass is 9.92. The van der Waals surface area contributed by atoms with Crippen molar-refractivity contribution in [3.8, 4) is 5.69 Å². The monoisotopic (exact) mass is 326 g/mol. The molecular weight excluding hydrogens is 304 g/mol. The first kappa shape index (κ1) is 15.2. The van der Waals surface area contributed by atoms with Crippen LogP contribution in [0.15, 0.2) is 43.0 Å². The summed E-state index contributed by atoms with van der Waals surface area (Å²) in [7, 11) is 0. The summed E-state index contributed by atoms with van der Waals surface area (Å²) < 4.78 is 7.30. The molecule has 0 radical (unpaired) electrons. The summed E-state index contributed by atoms with van der Waals surface area (Å²) in [4.78, 5) is 20.3. The fourth-order valence-corrected chi connectivity index (χ4v) is 3.72. The van der Waals surface area contributed by atoms with Crippen LogP contribution in [0.5, 0.6) is 0 Å². The van der Waals surface area contributed by atoms with Gasteiger partial charge in [0.25, 0.3) is 0 Å². The summed E-state index contributed by atoms with van der Waals surface area (Å²) >= 11 is 0. The van der Waals surface area contributed by atoms with E-state index in [0.29, 0.717) is 6.61 Å². The van der Waals surface area contributed by atoms with Crippen LogP contribution < -0.4 is 0 Å². The Morgan fingerprint density at radius 2 is 2.08 bits per heavy atom. The van der Waals surface area contributed by atoms with E-state index in [-0.39, 0.29) is 11.6 Å². The maximum atomic E-state index is 11.9. The Kier molecular flexibility index (Phi) is 3.76. The van der Waals surface area contributed by atoms with Gasteiger partial charge in [0.1, 0.15) is 6.61 Å². The molecule has 2 fully saturated rings. The molecule has 1 aromatic carbocycles. The Morgan fingerprint density at radius 3 is 2.79 bits per heavy atom. The number of rotatable bonds is 4. The highest BCUT2D eigenvalue weighted by atomic mass is 16.6. The highest BCUT2D eigenvalue weighted by molar-refractivity contribution is 5.71. The molecule has 2 aliphatic heterocycles. The molecule has 1 amide bonds. The number of piperazine rings is 1. The van der Waals surface area contributed by atoms with E-state index in [9.17, 15) is 4.79 Å². The van der Waals surface area contributed by atoms with E-state index >= 15 is 0 Å². The molecule has 6 heteroatoms. The number of aromatic nitrogens is 2. The van der Waals surface area contributed by atoms with Crippen LogP contribution in [-0.2, 0) is 11.3 Å². The molecule has 4 rings (SSSR count). The maximum Gasteiger partial charge on any atom is 0.410 e. The van der Waals surface area contributed by atoms with Crippen LogP contribution in [0, 0.1) is 0 Å². The Bertz CT molecular complexity index is 713. The molecule has 0 aliphatic carbocycles. The Morgan fingerprint density at radius 1 is 1.25 bits per heavy atom. The second-order valence-corrected chi connectivity index (χ2v) is 6.63. The largest absolute Gasteiger partial charge is 0.447 e. The number of imidazole rings is 1. The first-order valence-electron chi connectivity index (χ1n) is 8.44. The normalized spacial score (nSPS) is 24.0. The molecule has 0 N–H and O–H groups in total. The minimum atomic E-state index is -0.152. The van der Waals surface area contributed by atoms with E-state index in [1.165, 1.54) is 5.56 Å². The molecule has 2 aromatic rings. The van der Waals surface area contributed by atoms with Crippen LogP contribution >= 0.6 is 0 Å². The Labute approximate surface area is 141 Å². The fourth-order valence-electron chi connectivity index (χ4n) is 3.72. The van der Waals surface area contributed by atoms with Crippen LogP contribution in [0.25, 0.3) is 5.69 Å². The van der Waals surface area contributed by atoms with Gasteiger partial charge in [-0.15, -0.1) is 0 Å². The van der Waals surface area contributed by atoms with Gasteiger partial charge >= 0.3 is 6.09 Å². The number of cyclic esters (lactones) is 1. The van der Waals surface area contributed by atoms with Gasteiger partial charge in [-0.2, -0.15) is 0 Å². The second kappa shape index (κ2) is 5.94. The first-order chi connectivity index (χ1) is 11.7. The Balaban J connectivity index is 1.45. The molecule has 6 nitrogen and oxygen atoms in total. The number of hydrogen-bond acceptors (Lipinski definition) is 4. The standard InChI is InChI=1S/C18H22N4O2/c1-2-18-12-20(9-10-22(18)17(23)24-13-18)11-15-3-5-16(6-4-15)21-8-7-19-14-21/h3-8,14H,2,9-13H2,1H3. The van der Waals surface area contributed by atoms with Gasteiger partial charge in [0.2, 0.25) is 0 Å². The van der Waals surface area contributed by atoms with Crippen molar-refractivity contribution < 1.29 is 9.53 Å². The van der Waals surface area contributed by atoms with Crippen LogP contribution in [0.2, 0.25) is 0 Å². The van der Waals surface area contributed by atoms with E-state index < -0.39 is 0 Å². The van der Waals surface area contributed by atoms with E-state index in [1.807, 2.05) is 15.7 Å². The number of benzene rings is 1. The highest BCUT2D eigenvalue weighted by Crippen LogP contribution is 2.32. The van der Waals surface area contributed by atoms with Crippen LogP contribution in [-0.4, -0.2) is 57.2 Å². The first-order valence-corrected chi connectivity index (χ1v) is 8.44. The van der Waals surface area contributed by atoms with Gasteiger partial charge < -0.3 is 9.30 Å². The smallest absolute Gasteiger partial charge is 0.410 e. The lowest BCUT2D eigenvalue weighted by molar-refractivity contribution is 0.0449. The van der Waals surface area contributed by atoms with E-state index in [0.717, 1.165) is 38.3 Å². The number of ether oxygens (including phenoxy) is 1. The predicted molar refractivity (Wildman–Crippen MR) is 89.9 cm³/mol. The molecule has 1 atom stereocenters. The third-order valence-corrected chi connectivity index (χ3v) is 5.22. The van der Waals surface area contributed by atoms with Crippen molar-refractivity contribution in [3.05, 3.63) is 48.5 Å². The number of carbonyl (C=O) groups excluding carboxylic acids is 1. The number of carbonyl (C=O) groups is 1. The summed E-state index contributed by atoms with van der Waals surface area (Å²) in [5, 5.41) is 0. The SMILES string of the molecule is CCC12COC(=O)N1CCN(Cc1ccc(-n3ccnc3)cc1)C2. The van der Waals surface area contributed by atoms with Crippen molar-refractivity contribution in [2.45, 2.75) is 25.4 Å². The van der Waals surface area contributed by atoms with Gasteiger partial charge in [-0.05, 0) is 24.1 Å². The number of nitrogens with zero attached hydrogens (tertiary/aromatic N) is 4. The third kappa shape index (κ3) is 2.57. The van der Waals surface area contributed by atoms with E-state index in [4.69, 9.17) is 4.74 Å². The molecule has 0 spiro atoms. The third-order valence-electron chi connectivity index (χ3n) is 5.22. The number of hydrogen-bond donors (Lipinski definition) is 0. The zero-order valence-electron chi connectivity index (χ0n) is 13.9. The lowest BCUT2D eigenvalue weighted by Crippen LogP contribution is -2.60. The predicted octanol–water partition coefficient (Wildman–Crippen LogP) is 2.29. The number of amides is 1. The second-order valence-electron chi connectivity index (χ2n) is 6.63. The van der Waals surface area contributed by atoms with Gasteiger partial charge in [0.05, 0.1) is 11.9 Å². The number of fused-ring (bicyclic) bond motifs is 1. The minimum Gasteiger partial charge on any atom is -0.447 e. The summed E-state index contributed by atoms with van der Waals surface area (Å²) in [5.41, 5.74) is 2.25. The molecule has 0 saturated carbocycles. The topological polar surface area (TPSA) is 50.6 Å². The lowest BCUT2D eigenvalue weighted by Gasteiger charge is -2.44. The molecule has 126 valence electrons. The molecule has 24 heavy (non-hydrogen) atoms. The summed E-state index contributed by atoms with van der Waals surface area (Å²) in [6, 6.07) is 8.56. The summed E-state index contributed by atoms with van der Waals surface area (Å²) in [6.45, 7) is 6.06. The van der Waals surface area contributed by atoms with Crippen molar-refractivity contribution >= 4 is 6.09 Å². The molecule has 2 saturated heterocycles. The van der Waals surface area contributed by atoms with E-state index in [2.05, 4.69) is 41.1 Å². The van der Waals surface area contributed by atoms with Crippen molar-refractivity contribution in [1.82, 2.24) is 19.4 Å². The Hall–Kier alpha value is -2.34. The maximum absolute atomic E-state index is 11.9. The minimum absolute atomic E-state index is 0.147. The van der Waals surface area contributed by atoms with Gasteiger partial charge in [0, 0.05) is 44.3 Å². The molecule has 3 heterocycles. The van der Waals surface area contributed by atoms with Crippen LogP contribution in [0.3, 0.4) is 0 Å². The molecular formula is C18H22N4O2. The van der Waals surface area contributed by atoms with Crippen LogP contribution in [0.4, 0.5) is 4.79 Å². The average molecular weight is 326 g/mol. The van der Waals surface area contributed by atoms with E-state index in [1.54, 1.807) is 12.5 Å². The van der Waals surface area contributed by atoms with Crippen molar-refractivity contribution in [3.63, 3.8) is 0 Å². The molecule has 2 aliphatic rings. The fraction of sp³-hybridized carbons (Fsp3) is 0.444. The zero-order valence-corrected chi connectivity index (χ0v) is 13.9. The van der Waals surface area contributed by atoms with Crippen molar-refractivity contribution in [2.75, 3.05) is 26.2 Å². The van der Waals surface area contributed by atoms with Gasteiger partial charge in [-0.1, -0.05) is 19.1 Å². The molecule has 1 unspecified atom stereocenters. The van der Waals surface area contributed by atoms with Crippen LogP contribution in [0.1, 0.15) is 18.9 Å². The van der Waals surface area contributed by atoms with Gasteiger partial charge in [0.15, 0.2) is 0 Å². The quantitative estimate of drug-likeness (QED) is 0.865. The van der Waals surface area contributed by atoms with Crippen molar-refractivity contribution in [1.29, 1.82) is 0 Å². The summed E-state index contributed by atoms with van der Waals surface area (Å²) in [6.07, 6.45) is 6.30. The van der Waals surface area contributed by atoms with Gasteiger partial charge in [-0.25, -0.2) is 9.78 Å². The van der Waals surface area contributed by atoms with Crippen molar-refractivity contribution in [2.24, 2.45) is 0 Å². The van der Waals surface area contributed by atoms with Gasteiger partial charge in [-0.3, -0.25) is 9.80 Å². The summed E-state index contributed by atoms with van der Waals surface area (Å²) in [5.74, 6) is 0. The average Bonchev–Trinajstić information content (AvgIpc) is 3.25. The molecule has 0 bridgehead atoms. The molecule has 1 aromatic heterocycles. The highest BCUT2D eigenvalue weighted by Gasteiger charge is 2.49.